The fourth-order valence-corrected chi connectivity index (χ4v) is 3.04. The Morgan fingerprint density at radius 1 is 1.45 bits per heavy atom. The van der Waals surface area contributed by atoms with Crippen molar-refractivity contribution in [2.24, 2.45) is 0 Å². The number of nitrogen functional groups attached to an aromatic ring is 1. The van der Waals surface area contributed by atoms with Crippen LogP contribution >= 0.6 is 27.3 Å². The summed E-state index contributed by atoms with van der Waals surface area (Å²) in [5.74, 6) is -0.0269. The van der Waals surface area contributed by atoms with Crippen LogP contribution < -0.4 is 10.5 Å². The van der Waals surface area contributed by atoms with Gasteiger partial charge in [-0.2, -0.15) is 0 Å². The molecule has 0 aliphatic carbocycles. The zero-order chi connectivity index (χ0) is 14.5. The molecule has 0 saturated heterocycles. The van der Waals surface area contributed by atoms with Crippen LogP contribution in [0.1, 0.15) is 22.2 Å². The van der Waals surface area contributed by atoms with Crippen molar-refractivity contribution in [3.63, 3.8) is 0 Å². The highest BCUT2D eigenvalue weighted by molar-refractivity contribution is 9.10. The Morgan fingerprint density at radius 2 is 2.25 bits per heavy atom. The van der Waals surface area contributed by atoms with Gasteiger partial charge in [0.25, 0.3) is 0 Å². The van der Waals surface area contributed by atoms with E-state index in [0.717, 1.165) is 9.35 Å². The van der Waals surface area contributed by atoms with Crippen molar-refractivity contribution < 1.29 is 14.3 Å². The van der Waals surface area contributed by atoms with Crippen LogP contribution in [0.5, 0.6) is 5.75 Å². The highest BCUT2D eigenvalue weighted by Gasteiger charge is 2.17. The van der Waals surface area contributed by atoms with Crippen molar-refractivity contribution in [1.82, 2.24) is 0 Å². The zero-order valence-electron chi connectivity index (χ0n) is 10.9. The van der Waals surface area contributed by atoms with Gasteiger partial charge in [0, 0.05) is 20.4 Å². The predicted molar refractivity (Wildman–Crippen MR) is 83.2 cm³/mol. The van der Waals surface area contributed by atoms with Crippen molar-refractivity contribution in [3.05, 3.63) is 44.6 Å². The van der Waals surface area contributed by atoms with Crippen molar-refractivity contribution in [2.45, 2.75) is 13.5 Å². The number of rotatable bonds is 5. The minimum atomic E-state index is -0.476. The predicted octanol–water partition coefficient (Wildman–Crippen LogP) is 3.85. The summed E-state index contributed by atoms with van der Waals surface area (Å²) in [5, 5.41) is 1.94. The summed E-state index contributed by atoms with van der Waals surface area (Å²) in [5.41, 5.74) is 6.48. The third-order valence-electron chi connectivity index (χ3n) is 2.53. The van der Waals surface area contributed by atoms with Crippen molar-refractivity contribution in [3.8, 4) is 5.75 Å². The molecule has 1 aromatic carbocycles. The first-order valence-electron chi connectivity index (χ1n) is 6.03. The number of esters is 1. The number of ether oxygens (including phenoxy) is 2. The van der Waals surface area contributed by atoms with Gasteiger partial charge in [-0.3, -0.25) is 0 Å². The SMILES string of the molecule is CCOc1cccc(N)c1C(=O)OCc1cc(Br)cs1. The van der Waals surface area contributed by atoms with Gasteiger partial charge in [-0.1, -0.05) is 6.07 Å². The van der Waals surface area contributed by atoms with E-state index in [1.54, 1.807) is 18.2 Å². The van der Waals surface area contributed by atoms with Gasteiger partial charge in [-0.15, -0.1) is 11.3 Å². The second-order valence-electron chi connectivity index (χ2n) is 3.96. The van der Waals surface area contributed by atoms with Gasteiger partial charge >= 0.3 is 5.97 Å². The molecule has 0 aliphatic rings. The monoisotopic (exact) mass is 355 g/mol. The quantitative estimate of drug-likeness (QED) is 0.653. The van der Waals surface area contributed by atoms with Crippen molar-refractivity contribution in [2.75, 3.05) is 12.3 Å². The average molecular weight is 356 g/mol. The first kappa shape index (κ1) is 14.9. The molecule has 1 aromatic heterocycles. The summed E-state index contributed by atoms with van der Waals surface area (Å²) in [6, 6.07) is 7.02. The Kier molecular flexibility index (Phi) is 5.03. The maximum atomic E-state index is 12.2. The molecule has 2 rings (SSSR count). The molecule has 0 aliphatic heterocycles. The van der Waals surface area contributed by atoms with Crippen LogP contribution in [0, 0.1) is 0 Å². The number of halogens is 1. The molecule has 1 heterocycles. The van der Waals surface area contributed by atoms with Gasteiger partial charge in [-0.25, -0.2) is 4.79 Å². The van der Waals surface area contributed by atoms with E-state index in [4.69, 9.17) is 15.2 Å². The largest absolute Gasteiger partial charge is 0.493 e. The number of hydrogen-bond acceptors (Lipinski definition) is 5. The molecule has 0 saturated carbocycles. The molecule has 2 N–H and O–H groups in total. The lowest BCUT2D eigenvalue weighted by atomic mass is 10.1. The summed E-state index contributed by atoms with van der Waals surface area (Å²) in [6.07, 6.45) is 0. The van der Waals surface area contributed by atoms with E-state index >= 15 is 0 Å². The standard InChI is InChI=1S/C14H14BrNO3S/c1-2-18-12-5-3-4-11(16)13(12)14(17)19-7-10-6-9(15)8-20-10/h3-6,8H,2,7,16H2,1H3. The maximum absolute atomic E-state index is 12.2. The van der Waals surface area contributed by atoms with Crippen LogP contribution in [0.25, 0.3) is 0 Å². The molecule has 0 unspecified atom stereocenters. The highest BCUT2D eigenvalue weighted by Crippen LogP contribution is 2.26. The second-order valence-corrected chi connectivity index (χ2v) is 5.87. The van der Waals surface area contributed by atoms with Gasteiger partial charge in [0.1, 0.15) is 17.9 Å². The molecule has 0 amide bonds. The van der Waals surface area contributed by atoms with Crippen molar-refractivity contribution in [1.29, 1.82) is 0 Å². The van der Waals surface area contributed by atoms with Crippen LogP contribution in [0.15, 0.2) is 34.1 Å². The fourth-order valence-electron chi connectivity index (χ4n) is 1.68. The topological polar surface area (TPSA) is 61.5 Å². The maximum Gasteiger partial charge on any atom is 0.344 e. The molecule has 4 nitrogen and oxygen atoms in total. The Balaban J connectivity index is 2.12. The summed E-state index contributed by atoms with van der Waals surface area (Å²) >= 11 is 4.88. The summed E-state index contributed by atoms with van der Waals surface area (Å²) in [7, 11) is 0. The Morgan fingerprint density at radius 3 is 2.90 bits per heavy atom. The molecule has 0 radical (unpaired) electrons. The van der Waals surface area contributed by atoms with Crippen LogP contribution in [-0.4, -0.2) is 12.6 Å². The van der Waals surface area contributed by atoms with E-state index in [1.165, 1.54) is 11.3 Å². The lowest BCUT2D eigenvalue weighted by Crippen LogP contribution is -2.10. The first-order valence-corrected chi connectivity index (χ1v) is 7.70. The molecule has 0 atom stereocenters. The lowest BCUT2D eigenvalue weighted by molar-refractivity contribution is 0.0473. The van der Waals surface area contributed by atoms with Gasteiger partial charge in [0.2, 0.25) is 0 Å². The Labute approximate surface area is 129 Å². The number of nitrogens with two attached hydrogens (primary N) is 1. The van der Waals surface area contributed by atoms with Gasteiger partial charge in [-0.05, 0) is 41.1 Å². The molecule has 0 fully saturated rings. The van der Waals surface area contributed by atoms with E-state index < -0.39 is 5.97 Å². The van der Waals surface area contributed by atoms with Gasteiger partial charge < -0.3 is 15.2 Å². The molecule has 2 aromatic rings. The van der Waals surface area contributed by atoms with E-state index in [-0.39, 0.29) is 12.2 Å². The van der Waals surface area contributed by atoms with Crippen LogP contribution in [-0.2, 0) is 11.3 Å². The van der Waals surface area contributed by atoms with E-state index in [9.17, 15) is 4.79 Å². The number of carbonyl (C=O) groups is 1. The van der Waals surface area contributed by atoms with E-state index in [1.807, 2.05) is 18.4 Å². The number of carbonyl (C=O) groups excluding carboxylic acids is 1. The molecular weight excluding hydrogens is 342 g/mol. The first-order chi connectivity index (χ1) is 9.61. The van der Waals surface area contributed by atoms with Crippen molar-refractivity contribution >= 4 is 38.9 Å². The minimum Gasteiger partial charge on any atom is -0.493 e. The molecule has 0 spiro atoms. The van der Waals surface area contributed by atoms with Crippen LogP contribution in [0.4, 0.5) is 5.69 Å². The minimum absolute atomic E-state index is 0.217. The lowest BCUT2D eigenvalue weighted by Gasteiger charge is -2.11. The Bertz CT molecular complexity index is 612. The number of hydrogen-bond donors (Lipinski definition) is 1. The number of thiophene rings is 1. The summed E-state index contributed by atoms with van der Waals surface area (Å²) in [4.78, 5) is 13.1. The third kappa shape index (κ3) is 3.52. The molecular formula is C14H14BrNO3S. The van der Waals surface area contributed by atoms with Gasteiger partial charge in [0.15, 0.2) is 0 Å². The second kappa shape index (κ2) is 6.76. The van der Waals surface area contributed by atoms with Gasteiger partial charge in [0.05, 0.1) is 6.61 Å². The third-order valence-corrected chi connectivity index (χ3v) is 4.20. The van der Waals surface area contributed by atoms with E-state index in [0.29, 0.717) is 18.0 Å². The highest BCUT2D eigenvalue weighted by atomic mass is 79.9. The van der Waals surface area contributed by atoms with Crippen LogP contribution in [0.3, 0.4) is 0 Å². The van der Waals surface area contributed by atoms with E-state index in [2.05, 4.69) is 15.9 Å². The number of anilines is 1. The zero-order valence-corrected chi connectivity index (χ0v) is 13.3. The molecule has 20 heavy (non-hydrogen) atoms. The summed E-state index contributed by atoms with van der Waals surface area (Å²) < 4.78 is 11.7. The fraction of sp³-hybridized carbons (Fsp3) is 0.214. The smallest absolute Gasteiger partial charge is 0.344 e. The molecule has 106 valence electrons. The molecule has 0 bridgehead atoms. The summed E-state index contributed by atoms with van der Waals surface area (Å²) in [6.45, 7) is 2.53. The Hall–Kier alpha value is -1.53. The van der Waals surface area contributed by atoms with Crippen LogP contribution in [0.2, 0.25) is 0 Å². The number of benzene rings is 1. The normalized spacial score (nSPS) is 10.3. The molecule has 6 heteroatoms. The average Bonchev–Trinajstić information content (AvgIpc) is 2.82.